The average molecular weight is 600 g/mol. The van der Waals surface area contributed by atoms with Gasteiger partial charge in [0.15, 0.2) is 5.76 Å². The minimum atomic E-state index is -0.159. The smallest absolute Gasteiger partial charge is 0.289 e. The molecule has 1 fully saturated rings. The normalized spacial score (nSPS) is 14.0. The summed E-state index contributed by atoms with van der Waals surface area (Å²) in [4.78, 5) is 33.7. The number of rotatable bonds is 7. The number of carbonyl (C=O) groups is 2. The van der Waals surface area contributed by atoms with Crippen LogP contribution in [0.3, 0.4) is 0 Å². The van der Waals surface area contributed by atoms with Crippen LogP contribution in [0.2, 0.25) is 0 Å². The van der Waals surface area contributed by atoms with E-state index in [2.05, 4.69) is 36.5 Å². The predicted molar refractivity (Wildman–Crippen MR) is 154 cm³/mol. The lowest BCUT2D eigenvalue weighted by Gasteiger charge is -2.33. The molecule has 1 aliphatic rings. The highest BCUT2D eigenvalue weighted by Crippen LogP contribution is 2.26. The Balaban J connectivity index is 1.02. The molecule has 0 aliphatic carbocycles. The van der Waals surface area contributed by atoms with Crippen LogP contribution in [0.15, 0.2) is 88.0 Å². The molecular weight excluding hydrogens is 574 g/mol. The molecule has 0 unspecified atom stereocenters. The van der Waals surface area contributed by atoms with Crippen molar-refractivity contribution in [2.75, 3.05) is 38.0 Å². The highest BCUT2D eigenvalue weighted by Gasteiger charge is 2.25. The monoisotopic (exact) mass is 599 g/mol. The van der Waals surface area contributed by atoms with Crippen molar-refractivity contribution < 1.29 is 14.0 Å². The van der Waals surface area contributed by atoms with E-state index in [0.717, 1.165) is 32.3 Å². The molecule has 0 spiro atoms. The third-order valence-corrected chi connectivity index (χ3v) is 7.33. The number of aromatic nitrogens is 4. The molecule has 202 valence electrons. The summed E-state index contributed by atoms with van der Waals surface area (Å²) >= 11 is 3.39. The lowest BCUT2D eigenvalue weighted by atomic mass is 10.1. The number of anilines is 1. The Morgan fingerprint density at radius 2 is 1.77 bits per heavy atom. The quantitative estimate of drug-likeness (QED) is 0.297. The van der Waals surface area contributed by atoms with Gasteiger partial charge in [-0.25, -0.2) is 4.68 Å². The highest BCUT2D eigenvalue weighted by atomic mass is 79.9. The number of nitrogens with zero attached hydrogens (tertiary/aromatic N) is 6. The second kappa shape index (κ2) is 11.4. The number of furan rings is 1. The number of piperazine rings is 1. The van der Waals surface area contributed by atoms with Gasteiger partial charge >= 0.3 is 0 Å². The average Bonchev–Trinajstić information content (AvgIpc) is 3.64. The van der Waals surface area contributed by atoms with Crippen molar-refractivity contribution in [1.29, 1.82) is 0 Å². The first-order valence-electron chi connectivity index (χ1n) is 12.9. The Morgan fingerprint density at radius 1 is 0.950 bits per heavy atom. The van der Waals surface area contributed by atoms with Crippen LogP contribution in [0.4, 0.5) is 5.69 Å². The fourth-order valence-corrected chi connectivity index (χ4v) is 5.03. The summed E-state index contributed by atoms with van der Waals surface area (Å²) < 4.78 is 8.53. The van der Waals surface area contributed by atoms with Crippen LogP contribution in [-0.2, 0) is 11.3 Å². The Hall–Kier alpha value is -4.35. The first-order chi connectivity index (χ1) is 19.5. The predicted octanol–water partition coefficient (Wildman–Crippen LogP) is 4.29. The lowest BCUT2D eigenvalue weighted by Crippen LogP contribution is -2.50. The van der Waals surface area contributed by atoms with E-state index in [1.54, 1.807) is 27.9 Å². The molecule has 6 rings (SSSR count). The largest absolute Gasteiger partial charge is 0.454 e. The SMILES string of the molecule is O=C(CN1CCN(C(=O)c2ccc(Cn3cc(-c4cccc5ncccc45)nn3)o2)CC1)Nc1ccc(Br)cc1. The molecule has 10 nitrogen and oxygen atoms in total. The van der Waals surface area contributed by atoms with Gasteiger partial charge in [-0.2, -0.15) is 0 Å². The third-order valence-electron chi connectivity index (χ3n) is 6.81. The number of fused-ring (bicyclic) bond motifs is 1. The van der Waals surface area contributed by atoms with Gasteiger partial charge in [-0.1, -0.05) is 39.3 Å². The van der Waals surface area contributed by atoms with Crippen molar-refractivity contribution in [2.45, 2.75) is 6.54 Å². The van der Waals surface area contributed by atoms with Crippen molar-refractivity contribution in [3.8, 4) is 11.3 Å². The zero-order chi connectivity index (χ0) is 27.5. The van der Waals surface area contributed by atoms with Crippen LogP contribution in [-0.4, -0.2) is 74.3 Å². The van der Waals surface area contributed by atoms with Crippen LogP contribution in [0, 0.1) is 0 Å². The number of carbonyl (C=O) groups excluding carboxylic acids is 2. The number of amides is 2. The van der Waals surface area contributed by atoms with Gasteiger partial charge in [0.2, 0.25) is 5.91 Å². The fraction of sp³-hybridized carbons (Fsp3) is 0.207. The zero-order valence-electron chi connectivity index (χ0n) is 21.5. The van der Waals surface area contributed by atoms with Gasteiger partial charge in [0.1, 0.15) is 18.0 Å². The first-order valence-corrected chi connectivity index (χ1v) is 13.7. The van der Waals surface area contributed by atoms with E-state index in [1.807, 2.05) is 65.7 Å². The molecule has 0 bridgehead atoms. The lowest BCUT2D eigenvalue weighted by molar-refractivity contribution is -0.117. The highest BCUT2D eigenvalue weighted by molar-refractivity contribution is 9.10. The van der Waals surface area contributed by atoms with E-state index < -0.39 is 0 Å². The molecule has 2 amide bonds. The molecular formula is C29H26BrN7O3. The van der Waals surface area contributed by atoms with Crippen LogP contribution in [0.25, 0.3) is 22.2 Å². The molecule has 1 N–H and O–H groups in total. The first kappa shape index (κ1) is 25.9. The molecule has 1 aliphatic heterocycles. The number of hydrogen-bond donors (Lipinski definition) is 1. The van der Waals surface area contributed by atoms with Crippen LogP contribution < -0.4 is 5.32 Å². The van der Waals surface area contributed by atoms with E-state index >= 15 is 0 Å². The maximum absolute atomic E-state index is 13.1. The molecule has 40 heavy (non-hydrogen) atoms. The van der Waals surface area contributed by atoms with Crippen LogP contribution in [0.5, 0.6) is 0 Å². The van der Waals surface area contributed by atoms with Gasteiger partial charge in [0.05, 0.1) is 18.3 Å². The van der Waals surface area contributed by atoms with Crippen molar-refractivity contribution in [2.24, 2.45) is 0 Å². The second-order valence-electron chi connectivity index (χ2n) is 9.57. The van der Waals surface area contributed by atoms with E-state index in [0.29, 0.717) is 38.5 Å². The molecule has 11 heteroatoms. The van der Waals surface area contributed by atoms with Gasteiger partial charge in [0, 0.05) is 53.5 Å². The Labute approximate surface area is 238 Å². The molecule has 0 radical (unpaired) electrons. The number of hydrogen-bond acceptors (Lipinski definition) is 7. The zero-order valence-corrected chi connectivity index (χ0v) is 23.1. The number of pyridine rings is 1. The summed E-state index contributed by atoms with van der Waals surface area (Å²) in [5.41, 5.74) is 3.35. The van der Waals surface area contributed by atoms with Crippen molar-refractivity contribution >= 4 is 44.3 Å². The molecule has 2 aromatic carbocycles. The Morgan fingerprint density at radius 3 is 2.60 bits per heavy atom. The molecule has 5 aromatic rings. The van der Waals surface area contributed by atoms with Crippen LogP contribution in [0.1, 0.15) is 16.3 Å². The van der Waals surface area contributed by atoms with E-state index in [9.17, 15) is 9.59 Å². The summed E-state index contributed by atoms with van der Waals surface area (Å²) in [6.45, 7) is 2.89. The number of benzene rings is 2. The fourth-order valence-electron chi connectivity index (χ4n) is 4.77. The molecule has 0 atom stereocenters. The van der Waals surface area contributed by atoms with E-state index in [1.165, 1.54) is 0 Å². The number of halogens is 1. The molecule has 4 heterocycles. The second-order valence-corrected chi connectivity index (χ2v) is 10.5. The van der Waals surface area contributed by atoms with Gasteiger partial charge < -0.3 is 14.6 Å². The molecule has 0 saturated carbocycles. The Kier molecular flexibility index (Phi) is 7.39. The minimum absolute atomic E-state index is 0.0776. The standard InChI is InChI=1S/C29H26BrN7O3/c30-20-6-8-21(9-7-20)32-28(38)19-35-13-15-36(16-14-35)29(39)27-11-10-22(40-27)17-37-18-26(33-34-37)24-3-1-5-25-23(24)4-2-12-31-25/h1-12,18H,13-17,19H2,(H,32,38). The molecule has 1 saturated heterocycles. The van der Waals surface area contributed by atoms with Crippen LogP contribution >= 0.6 is 15.9 Å². The summed E-state index contributed by atoms with van der Waals surface area (Å²) in [5, 5.41) is 12.5. The summed E-state index contributed by atoms with van der Waals surface area (Å²) in [7, 11) is 0. The van der Waals surface area contributed by atoms with Gasteiger partial charge in [-0.3, -0.25) is 19.5 Å². The van der Waals surface area contributed by atoms with E-state index in [-0.39, 0.29) is 24.1 Å². The number of nitrogens with one attached hydrogen (secondary N) is 1. The van der Waals surface area contributed by atoms with Gasteiger partial charge in [0.25, 0.3) is 5.91 Å². The van der Waals surface area contributed by atoms with Crippen molar-refractivity contribution in [1.82, 2.24) is 29.8 Å². The van der Waals surface area contributed by atoms with Gasteiger partial charge in [-0.15, -0.1) is 5.10 Å². The summed E-state index contributed by atoms with van der Waals surface area (Å²) in [5.74, 6) is 0.665. The molecule has 3 aromatic heterocycles. The topological polar surface area (TPSA) is 109 Å². The minimum Gasteiger partial charge on any atom is -0.454 e. The maximum atomic E-state index is 13.1. The van der Waals surface area contributed by atoms with Crippen molar-refractivity contribution in [3.63, 3.8) is 0 Å². The third kappa shape index (κ3) is 5.80. The maximum Gasteiger partial charge on any atom is 0.289 e. The summed E-state index contributed by atoms with van der Waals surface area (Å²) in [6.07, 6.45) is 3.63. The Bertz CT molecular complexity index is 1650. The summed E-state index contributed by atoms with van der Waals surface area (Å²) in [6, 6.07) is 20.8. The van der Waals surface area contributed by atoms with Crippen molar-refractivity contribution in [3.05, 3.63) is 95.1 Å². The van der Waals surface area contributed by atoms with Gasteiger partial charge in [-0.05, 0) is 48.5 Å². The van der Waals surface area contributed by atoms with E-state index in [4.69, 9.17) is 4.42 Å².